The summed E-state index contributed by atoms with van der Waals surface area (Å²) in [6.45, 7) is 14.2. The topological polar surface area (TPSA) is 24.5 Å². The normalized spacial score (nSPS) is 16.0. The van der Waals surface area contributed by atoms with E-state index in [0.717, 1.165) is 38.3 Å². The van der Waals surface area contributed by atoms with Crippen molar-refractivity contribution >= 4 is 0 Å². The van der Waals surface area contributed by atoms with E-state index in [9.17, 15) is 0 Å². The number of fused-ring (bicyclic) bond motifs is 1. The first-order valence-corrected chi connectivity index (χ1v) is 8.28. The van der Waals surface area contributed by atoms with Gasteiger partial charge in [-0.3, -0.25) is 0 Å². The maximum atomic E-state index is 5.92. The molecule has 0 aliphatic carbocycles. The van der Waals surface area contributed by atoms with Gasteiger partial charge in [0.2, 0.25) is 0 Å². The van der Waals surface area contributed by atoms with Crippen molar-refractivity contribution in [3.05, 3.63) is 29.3 Å². The van der Waals surface area contributed by atoms with Gasteiger partial charge in [-0.2, -0.15) is 0 Å². The summed E-state index contributed by atoms with van der Waals surface area (Å²) >= 11 is 0. The van der Waals surface area contributed by atoms with Gasteiger partial charge in [0.25, 0.3) is 0 Å². The van der Waals surface area contributed by atoms with Crippen LogP contribution in [0.4, 0.5) is 0 Å². The monoisotopic (exact) mass is 290 g/mol. The van der Waals surface area contributed by atoms with Crippen LogP contribution in [0, 0.1) is 0 Å². The van der Waals surface area contributed by atoms with Gasteiger partial charge in [0.15, 0.2) is 0 Å². The average molecular weight is 290 g/mol. The largest absolute Gasteiger partial charge is 0.487 e. The van der Waals surface area contributed by atoms with E-state index in [1.54, 1.807) is 0 Å². The maximum Gasteiger partial charge on any atom is 0.123 e. The van der Waals surface area contributed by atoms with Crippen LogP contribution in [0.2, 0.25) is 0 Å². The Balaban J connectivity index is 1.78. The molecule has 0 saturated carbocycles. The van der Waals surface area contributed by atoms with E-state index in [1.165, 1.54) is 24.1 Å². The highest BCUT2D eigenvalue weighted by Gasteiger charge is 2.29. The Morgan fingerprint density at radius 3 is 2.76 bits per heavy atom. The summed E-state index contributed by atoms with van der Waals surface area (Å²) < 4.78 is 5.92. The lowest BCUT2D eigenvalue weighted by Gasteiger charge is -2.19. The van der Waals surface area contributed by atoms with E-state index in [2.05, 4.69) is 56.1 Å². The van der Waals surface area contributed by atoms with Crippen LogP contribution in [-0.4, -0.2) is 36.7 Å². The van der Waals surface area contributed by atoms with Crippen molar-refractivity contribution in [2.24, 2.45) is 0 Å². The van der Waals surface area contributed by atoms with Gasteiger partial charge in [-0.25, -0.2) is 0 Å². The first-order chi connectivity index (χ1) is 10.0. The fourth-order valence-corrected chi connectivity index (χ4v) is 2.99. The number of rotatable bonds is 8. The Morgan fingerprint density at radius 1 is 1.24 bits per heavy atom. The van der Waals surface area contributed by atoms with E-state index >= 15 is 0 Å². The van der Waals surface area contributed by atoms with Crippen molar-refractivity contribution in [1.82, 2.24) is 10.2 Å². The Kier molecular flexibility index (Phi) is 5.65. The molecule has 0 fully saturated rings. The summed E-state index contributed by atoms with van der Waals surface area (Å²) in [7, 11) is 0. The van der Waals surface area contributed by atoms with Crippen LogP contribution in [0.25, 0.3) is 0 Å². The number of benzene rings is 1. The third-order valence-corrected chi connectivity index (χ3v) is 4.05. The summed E-state index contributed by atoms with van der Waals surface area (Å²) in [6, 6.07) is 6.59. The highest BCUT2D eigenvalue weighted by Crippen LogP contribution is 2.35. The number of likely N-dealkylation sites (N-methyl/N-ethyl adjacent to an activating group) is 1. The summed E-state index contributed by atoms with van der Waals surface area (Å²) in [5.41, 5.74) is 2.66. The van der Waals surface area contributed by atoms with Gasteiger partial charge in [0.1, 0.15) is 11.4 Å². The maximum absolute atomic E-state index is 5.92. The zero-order valence-corrected chi connectivity index (χ0v) is 14.0. The third kappa shape index (κ3) is 4.72. The number of ether oxygens (including phenoxy) is 1. The zero-order valence-electron chi connectivity index (χ0n) is 14.0. The number of hydrogen-bond acceptors (Lipinski definition) is 3. The molecule has 0 bridgehead atoms. The van der Waals surface area contributed by atoms with E-state index < -0.39 is 0 Å². The number of nitrogens with one attached hydrogen (secondary N) is 1. The van der Waals surface area contributed by atoms with E-state index in [-0.39, 0.29) is 5.60 Å². The molecule has 0 amide bonds. The minimum atomic E-state index is -0.0455. The second-order valence-electron chi connectivity index (χ2n) is 6.59. The standard InChI is InChI=1S/C18H30N2O/c1-5-10-20(6-2)11-9-19-14-15-7-8-17-16(12-15)13-18(3,4)21-17/h7-8,12,19H,5-6,9-11,13-14H2,1-4H3. The quantitative estimate of drug-likeness (QED) is 0.744. The second-order valence-corrected chi connectivity index (χ2v) is 6.59. The molecule has 0 radical (unpaired) electrons. The smallest absolute Gasteiger partial charge is 0.123 e. The first kappa shape index (κ1) is 16.3. The van der Waals surface area contributed by atoms with Crippen molar-refractivity contribution in [3.8, 4) is 5.75 Å². The number of hydrogen-bond donors (Lipinski definition) is 1. The van der Waals surface area contributed by atoms with E-state index in [4.69, 9.17) is 4.74 Å². The van der Waals surface area contributed by atoms with Gasteiger partial charge < -0.3 is 15.0 Å². The molecule has 1 aromatic carbocycles. The molecule has 0 unspecified atom stereocenters. The average Bonchev–Trinajstić information content (AvgIpc) is 2.75. The van der Waals surface area contributed by atoms with Crippen molar-refractivity contribution in [2.75, 3.05) is 26.2 Å². The molecule has 1 aromatic rings. The highest BCUT2D eigenvalue weighted by molar-refractivity contribution is 5.41. The molecule has 3 heteroatoms. The molecule has 0 aromatic heterocycles. The van der Waals surface area contributed by atoms with Crippen molar-refractivity contribution < 1.29 is 4.74 Å². The van der Waals surface area contributed by atoms with Crippen LogP contribution >= 0.6 is 0 Å². The summed E-state index contributed by atoms with van der Waals surface area (Å²) in [5, 5.41) is 3.55. The Hall–Kier alpha value is -1.06. The van der Waals surface area contributed by atoms with Crippen LogP contribution in [0.1, 0.15) is 45.2 Å². The van der Waals surface area contributed by atoms with Crippen molar-refractivity contribution in [2.45, 2.75) is 52.7 Å². The summed E-state index contributed by atoms with van der Waals surface area (Å²) in [4.78, 5) is 2.49. The molecule has 2 rings (SSSR count). The Bertz CT molecular complexity index is 457. The van der Waals surface area contributed by atoms with E-state index in [1.807, 2.05) is 0 Å². The molecule has 1 heterocycles. The lowest BCUT2D eigenvalue weighted by molar-refractivity contribution is 0.138. The lowest BCUT2D eigenvalue weighted by Crippen LogP contribution is -2.32. The molecule has 21 heavy (non-hydrogen) atoms. The minimum absolute atomic E-state index is 0.0455. The predicted octanol–water partition coefficient (Wildman–Crippen LogP) is 3.22. The predicted molar refractivity (Wildman–Crippen MR) is 89.0 cm³/mol. The van der Waals surface area contributed by atoms with Gasteiger partial charge >= 0.3 is 0 Å². The molecule has 0 atom stereocenters. The highest BCUT2D eigenvalue weighted by atomic mass is 16.5. The molecule has 1 aliphatic rings. The second kappa shape index (κ2) is 7.28. The van der Waals surface area contributed by atoms with Gasteiger partial charge in [0, 0.05) is 26.1 Å². The molecular formula is C18H30N2O. The van der Waals surface area contributed by atoms with Gasteiger partial charge in [-0.1, -0.05) is 26.0 Å². The third-order valence-electron chi connectivity index (χ3n) is 4.05. The Labute approximate surface area is 129 Å². The van der Waals surface area contributed by atoms with Crippen molar-refractivity contribution in [1.29, 1.82) is 0 Å². The van der Waals surface area contributed by atoms with Gasteiger partial charge in [-0.15, -0.1) is 0 Å². The SMILES string of the molecule is CCCN(CC)CCNCc1ccc2c(c1)CC(C)(C)O2. The molecule has 0 spiro atoms. The van der Waals surface area contributed by atoms with E-state index in [0.29, 0.717) is 0 Å². The first-order valence-electron chi connectivity index (χ1n) is 8.28. The molecule has 0 saturated heterocycles. The Morgan fingerprint density at radius 2 is 2.05 bits per heavy atom. The molecular weight excluding hydrogens is 260 g/mol. The number of nitrogens with zero attached hydrogens (tertiary/aromatic N) is 1. The van der Waals surface area contributed by atoms with Crippen LogP contribution in [-0.2, 0) is 13.0 Å². The molecule has 1 aliphatic heterocycles. The molecule has 3 nitrogen and oxygen atoms in total. The van der Waals surface area contributed by atoms with Crippen molar-refractivity contribution in [3.63, 3.8) is 0 Å². The van der Waals surface area contributed by atoms with Crippen LogP contribution in [0.5, 0.6) is 5.75 Å². The summed E-state index contributed by atoms with van der Waals surface area (Å²) in [5.74, 6) is 1.06. The molecule has 118 valence electrons. The van der Waals surface area contributed by atoms with Crippen LogP contribution in [0.3, 0.4) is 0 Å². The van der Waals surface area contributed by atoms with Gasteiger partial charge in [0.05, 0.1) is 0 Å². The molecule has 1 N–H and O–H groups in total. The summed E-state index contributed by atoms with van der Waals surface area (Å²) in [6.07, 6.45) is 2.24. The zero-order chi connectivity index (χ0) is 15.3. The minimum Gasteiger partial charge on any atom is -0.487 e. The van der Waals surface area contributed by atoms with Crippen LogP contribution < -0.4 is 10.1 Å². The fourth-order valence-electron chi connectivity index (χ4n) is 2.99. The van der Waals surface area contributed by atoms with Gasteiger partial charge in [-0.05, 0) is 50.6 Å². The van der Waals surface area contributed by atoms with Crippen LogP contribution in [0.15, 0.2) is 18.2 Å². The fraction of sp³-hybridized carbons (Fsp3) is 0.667. The lowest BCUT2D eigenvalue weighted by atomic mass is 10.0.